The van der Waals surface area contributed by atoms with E-state index in [9.17, 15) is 15.8 Å². The van der Waals surface area contributed by atoms with Crippen LogP contribution in [0.3, 0.4) is 0 Å². The Bertz CT molecular complexity index is 1090. The average Bonchev–Trinajstić information content (AvgIpc) is 2.80. The van der Waals surface area contributed by atoms with Gasteiger partial charge in [0, 0.05) is 29.8 Å². The minimum absolute atomic E-state index is 0.113. The number of hydrogen-bond donors (Lipinski definition) is 2. The van der Waals surface area contributed by atoms with Crippen molar-refractivity contribution < 1.29 is 4.90 Å². The Morgan fingerprint density at radius 1 is 1.10 bits per heavy atom. The molecule has 1 aliphatic carbocycles. The minimum atomic E-state index is -1.68. The monoisotopic (exact) mass is 393 g/mol. The number of rotatable bonds is 3. The third-order valence-corrected chi connectivity index (χ3v) is 6.30. The number of nitriles is 3. The summed E-state index contributed by atoms with van der Waals surface area (Å²) >= 11 is 0. The van der Waals surface area contributed by atoms with Crippen molar-refractivity contribution in [3.8, 4) is 18.2 Å². The maximum absolute atomic E-state index is 10.1. The SMILES string of the molecule is N#CC1C(=N)C(C#N)(C#N)[C@@H](c2cccnc2)[C@H]2C[NH+](Cc3ccccc3)CC=C12. The summed E-state index contributed by atoms with van der Waals surface area (Å²) in [4.78, 5) is 5.51. The van der Waals surface area contributed by atoms with Crippen molar-refractivity contribution in [2.45, 2.75) is 12.5 Å². The van der Waals surface area contributed by atoms with Crippen molar-refractivity contribution in [2.24, 2.45) is 17.3 Å². The van der Waals surface area contributed by atoms with Crippen LogP contribution in [0, 0.1) is 56.7 Å². The summed E-state index contributed by atoms with van der Waals surface area (Å²) in [6, 6.07) is 20.3. The summed E-state index contributed by atoms with van der Waals surface area (Å²) in [5, 5.41) is 38.6. The average molecular weight is 393 g/mol. The van der Waals surface area contributed by atoms with E-state index >= 15 is 0 Å². The Hall–Kier alpha value is -3.79. The number of hydrogen-bond acceptors (Lipinski definition) is 5. The van der Waals surface area contributed by atoms with Crippen LogP contribution < -0.4 is 4.90 Å². The van der Waals surface area contributed by atoms with Crippen LogP contribution in [0.25, 0.3) is 0 Å². The van der Waals surface area contributed by atoms with Gasteiger partial charge in [0.05, 0.1) is 37.0 Å². The van der Waals surface area contributed by atoms with E-state index in [0.717, 1.165) is 24.2 Å². The van der Waals surface area contributed by atoms with Crippen LogP contribution in [0.4, 0.5) is 0 Å². The zero-order valence-electron chi connectivity index (χ0n) is 16.4. The maximum atomic E-state index is 10.1. The molecule has 30 heavy (non-hydrogen) atoms. The molecule has 0 radical (unpaired) electrons. The second kappa shape index (κ2) is 7.91. The van der Waals surface area contributed by atoms with Gasteiger partial charge in [0.25, 0.3) is 0 Å². The molecule has 0 saturated heterocycles. The van der Waals surface area contributed by atoms with Gasteiger partial charge in [-0.25, -0.2) is 0 Å². The van der Waals surface area contributed by atoms with Gasteiger partial charge in [0.2, 0.25) is 0 Å². The number of benzene rings is 1. The number of fused-ring (bicyclic) bond motifs is 1. The standard InChI is InChI=1S/C24H20N6/c25-11-20-19-8-10-30(13-17-5-2-1-3-6-17)14-21(19)22(18-7-4-9-29-12-18)24(15-26,16-27)23(20)28/h1-9,12,20-22,28H,10,13-14H2/p+1/t20?,21-,22-/m0/s1. The number of quaternary nitrogens is 1. The third kappa shape index (κ3) is 3.07. The topological polar surface area (TPSA) is 113 Å². The Labute approximate surface area is 175 Å². The van der Waals surface area contributed by atoms with E-state index in [2.05, 4.69) is 41.4 Å². The van der Waals surface area contributed by atoms with Gasteiger partial charge in [-0.2, -0.15) is 15.8 Å². The van der Waals surface area contributed by atoms with Crippen molar-refractivity contribution in [3.63, 3.8) is 0 Å². The number of nitrogens with zero attached hydrogens (tertiary/aromatic N) is 4. The van der Waals surface area contributed by atoms with Gasteiger partial charge in [-0.15, -0.1) is 0 Å². The quantitative estimate of drug-likeness (QED) is 0.777. The fraction of sp³-hybridized carbons (Fsp3) is 0.292. The second-order valence-electron chi connectivity index (χ2n) is 7.90. The van der Waals surface area contributed by atoms with Crippen LogP contribution in [-0.4, -0.2) is 23.8 Å². The van der Waals surface area contributed by atoms with Gasteiger partial charge in [-0.3, -0.25) is 4.98 Å². The van der Waals surface area contributed by atoms with E-state index in [1.54, 1.807) is 18.5 Å². The van der Waals surface area contributed by atoms with Gasteiger partial charge < -0.3 is 10.3 Å². The summed E-state index contributed by atoms with van der Waals surface area (Å²) < 4.78 is 0. The first-order chi connectivity index (χ1) is 14.6. The van der Waals surface area contributed by atoms with Gasteiger partial charge in [-0.05, 0) is 23.3 Å². The summed E-state index contributed by atoms with van der Waals surface area (Å²) in [5.41, 5.74) is 1.06. The summed E-state index contributed by atoms with van der Waals surface area (Å²) in [6.45, 7) is 2.26. The van der Waals surface area contributed by atoms with Crippen molar-refractivity contribution in [1.82, 2.24) is 4.98 Å². The molecule has 2 unspecified atom stereocenters. The molecule has 1 aromatic carbocycles. The molecule has 0 spiro atoms. The Kier molecular flexibility index (Phi) is 5.15. The molecule has 146 valence electrons. The van der Waals surface area contributed by atoms with Crippen LogP contribution in [0.1, 0.15) is 17.0 Å². The molecule has 6 nitrogen and oxygen atoms in total. The molecule has 1 fully saturated rings. The van der Waals surface area contributed by atoms with Crippen molar-refractivity contribution >= 4 is 5.71 Å². The lowest BCUT2D eigenvalue weighted by Crippen LogP contribution is -3.12. The molecular formula is C24H21N6+. The lowest BCUT2D eigenvalue weighted by molar-refractivity contribution is -0.913. The molecule has 2 aliphatic rings. The second-order valence-corrected chi connectivity index (χ2v) is 7.90. The largest absolute Gasteiger partial charge is 0.327 e. The number of aromatic nitrogens is 1. The highest BCUT2D eigenvalue weighted by atomic mass is 15.1. The lowest BCUT2D eigenvalue weighted by atomic mass is 9.54. The molecule has 4 rings (SSSR count). The summed E-state index contributed by atoms with van der Waals surface area (Å²) in [6.07, 6.45) is 5.38. The van der Waals surface area contributed by atoms with Crippen LogP contribution in [-0.2, 0) is 6.54 Å². The Morgan fingerprint density at radius 2 is 1.87 bits per heavy atom. The Morgan fingerprint density at radius 3 is 2.50 bits per heavy atom. The minimum Gasteiger partial charge on any atom is -0.327 e. The molecule has 1 aromatic heterocycles. The highest BCUT2D eigenvalue weighted by Gasteiger charge is 2.58. The molecule has 0 bridgehead atoms. The molecule has 2 aromatic rings. The first-order valence-corrected chi connectivity index (χ1v) is 9.93. The first-order valence-electron chi connectivity index (χ1n) is 9.93. The molecule has 0 amide bonds. The molecular weight excluding hydrogens is 372 g/mol. The smallest absolute Gasteiger partial charge is 0.190 e. The zero-order chi connectivity index (χ0) is 21.1. The van der Waals surface area contributed by atoms with E-state index in [1.807, 2.05) is 24.3 Å². The molecule has 2 N–H and O–H groups in total. The van der Waals surface area contributed by atoms with E-state index in [1.165, 1.54) is 10.5 Å². The fourth-order valence-electron chi connectivity index (χ4n) is 4.93. The van der Waals surface area contributed by atoms with Crippen molar-refractivity contribution in [2.75, 3.05) is 13.1 Å². The molecule has 2 heterocycles. The summed E-state index contributed by atoms with van der Waals surface area (Å²) in [7, 11) is 0. The lowest BCUT2D eigenvalue weighted by Gasteiger charge is -2.46. The fourth-order valence-corrected chi connectivity index (χ4v) is 4.93. The van der Waals surface area contributed by atoms with Crippen molar-refractivity contribution in [1.29, 1.82) is 21.2 Å². The summed E-state index contributed by atoms with van der Waals surface area (Å²) in [5.74, 6) is -1.55. The first kappa shape index (κ1) is 19.5. The van der Waals surface area contributed by atoms with E-state index in [0.29, 0.717) is 6.54 Å². The van der Waals surface area contributed by atoms with Crippen LogP contribution in [0.2, 0.25) is 0 Å². The molecule has 1 saturated carbocycles. The maximum Gasteiger partial charge on any atom is 0.190 e. The van der Waals surface area contributed by atoms with Crippen molar-refractivity contribution in [3.05, 3.63) is 77.6 Å². The third-order valence-electron chi connectivity index (χ3n) is 6.30. The van der Waals surface area contributed by atoms with Gasteiger partial charge in [-0.1, -0.05) is 36.4 Å². The van der Waals surface area contributed by atoms with E-state index in [-0.39, 0.29) is 11.6 Å². The van der Waals surface area contributed by atoms with Gasteiger partial charge in [0.15, 0.2) is 5.41 Å². The molecule has 6 heteroatoms. The number of nitrogens with one attached hydrogen (secondary N) is 2. The highest BCUT2D eigenvalue weighted by molar-refractivity contribution is 6.00. The van der Waals surface area contributed by atoms with Gasteiger partial charge in [0.1, 0.15) is 12.5 Å². The van der Waals surface area contributed by atoms with Crippen LogP contribution in [0.5, 0.6) is 0 Å². The predicted octanol–water partition coefficient (Wildman–Crippen LogP) is 2.01. The molecule has 1 aliphatic heterocycles. The van der Waals surface area contributed by atoms with Gasteiger partial charge >= 0.3 is 0 Å². The zero-order valence-corrected chi connectivity index (χ0v) is 16.4. The predicted molar refractivity (Wildman–Crippen MR) is 110 cm³/mol. The van der Waals surface area contributed by atoms with Crippen LogP contribution in [0.15, 0.2) is 66.5 Å². The highest BCUT2D eigenvalue weighted by Crippen LogP contribution is 2.52. The van der Waals surface area contributed by atoms with E-state index < -0.39 is 17.3 Å². The molecule has 4 atom stereocenters. The normalized spacial score (nSPS) is 27.0. The Balaban J connectivity index is 1.80. The number of pyridine rings is 1. The van der Waals surface area contributed by atoms with Crippen LogP contribution >= 0.6 is 0 Å². The van der Waals surface area contributed by atoms with E-state index in [4.69, 9.17) is 5.41 Å².